The molecule has 0 bridgehead atoms. The normalized spacial score (nSPS) is 9.29. The predicted octanol–water partition coefficient (Wildman–Crippen LogP) is 0.299. The molecule has 7 heavy (non-hydrogen) atoms. The second-order valence-corrected chi connectivity index (χ2v) is 1.59. The van der Waals surface area contributed by atoms with Crippen LogP contribution < -0.4 is 0 Å². The van der Waals surface area contributed by atoms with Crippen molar-refractivity contribution in [2.24, 2.45) is 0 Å². The number of hydrogen-bond donors (Lipinski definition) is 0. The average Bonchev–Trinajstić information content (AvgIpc) is 1.69. The highest BCUT2D eigenvalue weighted by Crippen LogP contribution is 1.76. The van der Waals surface area contributed by atoms with Crippen molar-refractivity contribution < 1.29 is 8.53 Å². The van der Waals surface area contributed by atoms with Crippen LogP contribution in [0.15, 0.2) is 0 Å². The second-order valence-electron chi connectivity index (χ2n) is 0.882. The van der Waals surface area contributed by atoms with Crippen LogP contribution in [0.4, 0.5) is 0 Å². The topological polar surface area (TPSA) is 18.5 Å². The van der Waals surface area contributed by atoms with E-state index in [1.807, 2.05) is 0 Å². The maximum Gasteiger partial charge on any atom is 0.372 e. The van der Waals surface area contributed by atoms with Crippen molar-refractivity contribution in [2.75, 3.05) is 19.3 Å². The number of alkyl halides is 1. The minimum atomic E-state index is 0.303. The minimum absolute atomic E-state index is 0.303. The van der Waals surface area contributed by atoms with E-state index in [4.69, 9.17) is 16.3 Å². The maximum absolute atomic E-state index is 5.25. The molecule has 0 atom stereocenters. The van der Waals surface area contributed by atoms with E-state index in [-0.39, 0.29) is 0 Å². The Labute approximate surface area is 56.5 Å². The van der Waals surface area contributed by atoms with Gasteiger partial charge in [-0.15, -0.1) is 11.6 Å². The first-order valence-corrected chi connectivity index (χ1v) is 2.87. The van der Waals surface area contributed by atoms with Crippen LogP contribution in [0.3, 0.4) is 0 Å². The fraction of sp³-hybridized carbons (Fsp3) is 1.00. The van der Waals surface area contributed by atoms with Crippen molar-refractivity contribution in [2.45, 2.75) is 0 Å². The molecular weight excluding hydrogens is 130 g/mol. The molecule has 0 spiro atoms. The Hall–Kier alpha value is 0.742. The number of halogens is 1. The lowest BCUT2D eigenvalue weighted by Crippen LogP contribution is -1.99. The summed E-state index contributed by atoms with van der Waals surface area (Å²) in [6, 6.07) is 0. The molecule has 2 radical (unpaired) electrons. The number of rotatable bonds is 4. The van der Waals surface area contributed by atoms with Crippen LogP contribution in [-0.2, 0) is 8.53 Å². The summed E-state index contributed by atoms with van der Waals surface area (Å²) < 4.78 is 9.24. The first-order valence-electron chi connectivity index (χ1n) is 1.87. The van der Waals surface area contributed by atoms with Crippen LogP contribution in [0.2, 0.25) is 0 Å². The van der Waals surface area contributed by atoms with Crippen molar-refractivity contribution >= 4 is 28.2 Å². The van der Waals surface area contributed by atoms with Crippen LogP contribution in [0, 0.1) is 0 Å². The summed E-state index contributed by atoms with van der Waals surface area (Å²) in [5, 5.41) is 0. The van der Waals surface area contributed by atoms with Gasteiger partial charge in [0.1, 0.15) is 6.79 Å². The molecule has 0 N–H and O–H groups in total. The van der Waals surface area contributed by atoms with Crippen LogP contribution in [0.5, 0.6) is 0 Å². The molecule has 0 unspecified atom stereocenters. The van der Waals surface area contributed by atoms with Crippen molar-refractivity contribution in [3.8, 4) is 0 Å². The molecule has 4 heteroatoms. The van der Waals surface area contributed by atoms with Crippen LogP contribution in [0.1, 0.15) is 0 Å². The largest absolute Gasteiger partial charge is 0.497 e. The van der Waals surface area contributed by atoms with Gasteiger partial charge in [-0.2, -0.15) is 0 Å². The van der Waals surface area contributed by atoms with Gasteiger partial charge in [-0.1, -0.05) is 0 Å². The van der Waals surface area contributed by atoms with E-state index >= 15 is 0 Å². The summed E-state index contributed by atoms with van der Waals surface area (Å²) in [4.78, 5) is 0. The summed E-state index contributed by atoms with van der Waals surface area (Å²) in [6.45, 7) is 0.855. The van der Waals surface area contributed by atoms with Gasteiger partial charge >= 0.3 is 16.6 Å². The Kier molecular flexibility index (Phi) is 7.46. The third-order valence-electron chi connectivity index (χ3n) is 0.373. The SMILES string of the molecule is [Al][O]COCCCl. The van der Waals surface area contributed by atoms with E-state index in [0.717, 1.165) is 0 Å². The van der Waals surface area contributed by atoms with E-state index in [1.54, 1.807) is 0 Å². The van der Waals surface area contributed by atoms with Crippen LogP contribution >= 0.6 is 11.6 Å². The zero-order valence-electron chi connectivity index (χ0n) is 3.89. The Morgan fingerprint density at radius 2 is 2.29 bits per heavy atom. The molecule has 0 aromatic carbocycles. The highest BCUT2D eigenvalue weighted by Gasteiger charge is 1.78. The van der Waals surface area contributed by atoms with Crippen molar-refractivity contribution in [1.29, 1.82) is 0 Å². The molecule has 0 aliphatic heterocycles. The molecular formula is C3H6AlClO2. The Bertz CT molecular complexity index is 32.1. The minimum Gasteiger partial charge on any atom is -0.497 e. The van der Waals surface area contributed by atoms with E-state index in [1.165, 1.54) is 0 Å². The van der Waals surface area contributed by atoms with Crippen LogP contribution in [-0.4, -0.2) is 35.9 Å². The van der Waals surface area contributed by atoms with Gasteiger partial charge in [0, 0.05) is 5.88 Å². The van der Waals surface area contributed by atoms with Gasteiger partial charge in [0.15, 0.2) is 0 Å². The molecule has 0 amide bonds. The van der Waals surface area contributed by atoms with Crippen molar-refractivity contribution in [3.63, 3.8) is 0 Å². The third kappa shape index (κ3) is 6.74. The number of ether oxygens (including phenoxy) is 1. The quantitative estimate of drug-likeness (QED) is 0.240. The van der Waals surface area contributed by atoms with Gasteiger partial charge in [0.2, 0.25) is 0 Å². The van der Waals surface area contributed by atoms with Gasteiger partial charge in [0.05, 0.1) is 6.61 Å². The maximum atomic E-state index is 5.25. The predicted molar refractivity (Wildman–Crippen MR) is 28.4 cm³/mol. The lowest BCUT2D eigenvalue weighted by molar-refractivity contribution is 0.0289. The Morgan fingerprint density at radius 1 is 1.57 bits per heavy atom. The second kappa shape index (κ2) is 6.74. The summed E-state index contributed by atoms with van der Waals surface area (Å²) in [5.41, 5.74) is 0. The monoisotopic (exact) mass is 136 g/mol. The highest BCUT2D eigenvalue weighted by atomic mass is 35.5. The smallest absolute Gasteiger partial charge is 0.372 e. The first-order chi connectivity index (χ1) is 3.41. The molecule has 0 aliphatic rings. The Balaban J connectivity index is 2.45. The van der Waals surface area contributed by atoms with Gasteiger partial charge < -0.3 is 8.53 Å². The zero-order valence-corrected chi connectivity index (χ0v) is 5.80. The van der Waals surface area contributed by atoms with Gasteiger partial charge in [-0.05, 0) is 0 Å². The summed E-state index contributed by atoms with van der Waals surface area (Å²) in [6.07, 6.45) is 0. The average molecular weight is 137 g/mol. The van der Waals surface area contributed by atoms with Gasteiger partial charge in [0.25, 0.3) is 0 Å². The third-order valence-corrected chi connectivity index (χ3v) is 0.663. The van der Waals surface area contributed by atoms with E-state index in [0.29, 0.717) is 19.3 Å². The lowest BCUT2D eigenvalue weighted by Gasteiger charge is -1.97. The Morgan fingerprint density at radius 3 is 2.71 bits per heavy atom. The highest BCUT2D eigenvalue weighted by molar-refractivity contribution is 6.17. The van der Waals surface area contributed by atoms with Gasteiger partial charge in [-0.3, -0.25) is 0 Å². The van der Waals surface area contributed by atoms with Crippen molar-refractivity contribution in [3.05, 3.63) is 0 Å². The molecule has 0 aromatic heterocycles. The van der Waals surface area contributed by atoms with E-state index in [2.05, 4.69) is 20.4 Å². The summed E-state index contributed by atoms with van der Waals surface area (Å²) >= 11 is 7.33. The fourth-order valence-electron chi connectivity index (χ4n) is 0.162. The van der Waals surface area contributed by atoms with Crippen LogP contribution in [0.25, 0.3) is 0 Å². The molecule has 0 saturated heterocycles. The lowest BCUT2D eigenvalue weighted by atomic mass is 10.9. The summed E-state index contributed by atoms with van der Waals surface area (Å²) in [5.74, 6) is 0.522. The molecule has 0 rings (SSSR count). The molecule has 0 saturated carbocycles. The molecule has 0 heterocycles. The fourth-order valence-corrected chi connectivity index (χ4v) is 0.367. The molecule has 2 nitrogen and oxygen atoms in total. The first kappa shape index (κ1) is 7.74. The summed E-state index contributed by atoms with van der Waals surface area (Å²) in [7, 11) is 0. The molecule has 0 aliphatic carbocycles. The van der Waals surface area contributed by atoms with E-state index in [9.17, 15) is 0 Å². The van der Waals surface area contributed by atoms with Gasteiger partial charge in [-0.25, -0.2) is 0 Å². The molecule has 0 aromatic rings. The zero-order chi connectivity index (χ0) is 5.54. The van der Waals surface area contributed by atoms with E-state index < -0.39 is 0 Å². The molecule has 0 fully saturated rings. The standard InChI is InChI=1S/C3H6ClO2.Al/c4-1-2-6-3-5;/h1-3H2;/q-1;+1. The van der Waals surface area contributed by atoms with Crippen molar-refractivity contribution in [1.82, 2.24) is 0 Å². The number of hydrogen-bond acceptors (Lipinski definition) is 2. The molecule has 40 valence electrons.